The van der Waals surface area contributed by atoms with Crippen LogP contribution in [0.25, 0.3) is 0 Å². The first-order valence-corrected chi connectivity index (χ1v) is 8.00. The van der Waals surface area contributed by atoms with Gasteiger partial charge in [0.15, 0.2) is 0 Å². The van der Waals surface area contributed by atoms with Gasteiger partial charge in [-0.3, -0.25) is 9.88 Å². The van der Waals surface area contributed by atoms with E-state index in [9.17, 15) is 0 Å². The molecule has 0 radical (unpaired) electrons. The smallest absolute Gasteiger partial charge is 0.0673 e. The number of hydrogen-bond acceptors (Lipinski definition) is 3. The Morgan fingerprint density at radius 3 is 2.50 bits per heavy atom. The van der Waals surface area contributed by atoms with Crippen molar-refractivity contribution in [2.75, 3.05) is 13.1 Å². The summed E-state index contributed by atoms with van der Waals surface area (Å²) in [5.41, 5.74) is 8.04. The Kier molecular flexibility index (Phi) is 5.17. The van der Waals surface area contributed by atoms with Crippen LogP contribution in [0.5, 0.6) is 0 Å². The molecule has 2 atom stereocenters. The second-order valence-corrected chi connectivity index (χ2v) is 6.47. The average Bonchev–Trinajstić information content (AvgIpc) is 2.50. The lowest BCUT2D eigenvalue weighted by atomic mass is 9.77. The highest BCUT2D eigenvalue weighted by atomic mass is 15.2. The number of nitrogens with two attached hydrogens (primary N) is 1. The van der Waals surface area contributed by atoms with Gasteiger partial charge in [0.2, 0.25) is 0 Å². The van der Waals surface area contributed by atoms with E-state index in [0.29, 0.717) is 5.41 Å². The van der Waals surface area contributed by atoms with E-state index in [1.807, 2.05) is 12.3 Å². The largest absolute Gasteiger partial charge is 0.326 e. The first-order valence-electron chi connectivity index (χ1n) is 8.00. The molecule has 0 aliphatic carbocycles. The molecule has 3 heteroatoms. The number of aromatic nitrogens is 1. The molecule has 0 aromatic carbocycles. The van der Waals surface area contributed by atoms with E-state index >= 15 is 0 Å². The van der Waals surface area contributed by atoms with Gasteiger partial charge in [-0.25, -0.2) is 0 Å². The minimum Gasteiger partial charge on any atom is -0.326 e. The molecule has 1 aliphatic rings. The lowest BCUT2D eigenvalue weighted by molar-refractivity contribution is 0.0676. The fraction of sp³-hybridized carbons (Fsp3) is 0.706. The molecular formula is C17H29N3. The second kappa shape index (κ2) is 6.68. The van der Waals surface area contributed by atoms with Crippen LogP contribution in [0.1, 0.15) is 58.2 Å². The Morgan fingerprint density at radius 1 is 1.30 bits per heavy atom. The van der Waals surface area contributed by atoms with Crippen molar-refractivity contribution in [3.05, 3.63) is 30.1 Å². The molecule has 2 unspecified atom stereocenters. The summed E-state index contributed by atoms with van der Waals surface area (Å²) < 4.78 is 0. The first kappa shape index (κ1) is 15.5. The molecule has 2 heterocycles. The highest BCUT2D eigenvalue weighted by molar-refractivity contribution is 5.12. The number of rotatable bonds is 5. The van der Waals surface area contributed by atoms with Crippen LogP contribution in [0, 0.1) is 5.41 Å². The monoisotopic (exact) mass is 275 g/mol. The normalized spacial score (nSPS) is 22.4. The molecule has 0 amide bonds. The Morgan fingerprint density at radius 2 is 2.00 bits per heavy atom. The molecular weight excluding hydrogens is 246 g/mol. The summed E-state index contributed by atoms with van der Waals surface area (Å²) in [6.07, 6.45) is 6.68. The van der Waals surface area contributed by atoms with E-state index < -0.39 is 0 Å². The van der Waals surface area contributed by atoms with Gasteiger partial charge in [-0.15, -0.1) is 0 Å². The molecule has 2 rings (SSSR count). The SMILES string of the molecule is CCC(N)C(c1ccccn1)N1CCC(C)(CC)CC1. The topological polar surface area (TPSA) is 42.1 Å². The Balaban J connectivity index is 2.13. The van der Waals surface area contributed by atoms with Crippen LogP contribution in [0.15, 0.2) is 24.4 Å². The van der Waals surface area contributed by atoms with Crippen LogP contribution in [-0.4, -0.2) is 29.0 Å². The van der Waals surface area contributed by atoms with E-state index in [0.717, 1.165) is 25.2 Å². The summed E-state index contributed by atoms with van der Waals surface area (Å²) in [4.78, 5) is 7.11. The van der Waals surface area contributed by atoms with E-state index in [1.54, 1.807) is 0 Å². The third kappa shape index (κ3) is 3.39. The van der Waals surface area contributed by atoms with Crippen molar-refractivity contribution in [2.45, 2.75) is 58.5 Å². The molecule has 0 bridgehead atoms. The molecule has 3 nitrogen and oxygen atoms in total. The highest BCUT2D eigenvalue weighted by Crippen LogP contribution is 2.37. The van der Waals surface area contributed by atoms with Gasteiger partial charge in [-0.2, -0.15) is 0 Å². The first-order chi connectivity index (χ1) is 9.59. The van der Waals surface area contributed by atoms with Gasteiger partial charge in [0.25, 0.3) is 0 Å². The Bertz CT molecular complexity index is 396. The van der Waals surface area contributed by atoms with Gasteiger partial charge in [-0.05, 0) is 49.9 Å². The van der Waals surface area contributed by atoms with Crippen molar-refractivity contribution in [1.29, 1.82) is 0 Å². The van der Waals surface area contributed by atoms with Crippen molar-refractivity contribution in [2.24, 2.45) is 11.1 Å². The van der Waals surface area contributed by atoms with Gasteiger partial charge >= 0.3 is 0 Å². The number of nitrogens with zero attached hydrogens (tertiary/aromatic N) is 2. The molecule has 0 saturated carbocycles. The van der Waals surface area contributed by atoms with Crippen molar-refractivity contribution in [3.63, 3.8) is 0 Å². The van der Waals surface area contributed by atoms with Crippen LogP contribution in [0.3, 0.4) is 0 Å². The predicted octanol–water partition coefficient (Wildman–Crippen LogP) is 3.37. The van der Waals surface area contributed by atoms with Crippen molar-refractivity contribution in [1.82, 2.24) is 9.88 Å². The van der Waals surface area contributed by atoms with E-state index in [4.69, 9.17) is 5.73 Å². The standard InChI is InChI=1S/C17H29N3/c1-4-14(18)16(15-8-6-7-11-19-15)20-12-9-17(3,5-2)10-13-20/h6-8,11,14,16H,4-5,9-10,12-13,18H2,1-3H3. The molecule has 1 aromatic heterocycles. The number of hydrogen-bond donors (Lipinski definition) is 1. The van der Waals surface area contributed by atoms with Gasteiger partial charge in [0.1, 0.15) is 0 Å². The molecule has 1 aromatic rings. The summed E-state index contributed by atoms with van der Waals surface area (Å²) in [5.74, 6) is 0. The fourth-order valence-electron chi connectivity index (χ4n) is 3.15. The lowest BCUT2D eigenvalue weighted by Gasteiger charge is -2.43. The van der Waals surface area contributed by atoms with Crippen LogP contribution < -0.4 is 5.73 Å². The molecule has 112 valence electrons. The maximum atomic E-state index is 6.40. The van der Waals surface area contributed by atoms with Crippen LogP contribution in [-0.2, 0) is 0 Å². The molecule has 20 heavy (non-hydrogen) atoms. The van der Waals surface area contributed by atoms with E-state index in [1.165, 1.54) is 19.3 Å². The summed E-state index contributed by atoms with van der Waals surface area (Å²) >= 11 is 0. The summed E-state index contributed by atoms with van der Waals surface area (Å²) in [6.45, 7) is 9.17. The van der Waals surface area contributed by atoms with Gasteiger partial charge in [0.05, 0.1) is 11.7 Å². The Labute approximate surface area is 123 Å². The maximum absolute atomic E-state index is 6.40. The fourth-order valence-corrected chi connectivity index (χ4v) is 3.15. The second-order valence-electron chi connectivity index (χ2n) is 6.47. The third-order valence-corrected chi connectivity index (χ3v) is 5.12. The van der Waals surface area contributed by atoms with Crippen LogP contribution in [0.2, 0.25) is 0 Å². The van der Waals surface area contributed by atoms with Gasteiger partial charge in [-0.1, -0.05) is 33.3 Å². The van der Waals surface area contributed by atoms with Crippen molar-refractivity contribution in [3.8, 4) is 0 Å². The summed E-state index contributed by atoms with van der Waals surface area (Å²) in [6, 6.07) is 6.59. The van der Waals surface area contributed by atoms with Crippen molar-refractivity contribution >= 4 is 0 Å². The molecule has 1 aliphatic heterocycles. The van der Waals surface area contributed by atoms with E-state index in [2.05, 4.69) is 42.8 Å². The Hall–Kier alpha value is -0.930. The highest BCUT2D eigenvalue weighted by Gasteiger charge is 2.34. The zero-order valence-electron chi connectivity index (χ0n) is 13.2. The van der Waals surface area contributed by atoms with Gasteiger partial charge in [0, 0.05) is 12.2 Å². The van der Waals surface area contributed by atoms with Crippen LogP contribution >= 0.6 is 0 Å². The summed E-state index contributed by atoms with van der Waals surface area (Å²) in [5, 5.41) is 0. The summed E-state index contributed by atoms with van der Waals surface area (Å²) in [7, 11) is 0. The minimum absolute atomic E-state index is 0.163. The zero-order valence-corrected chi connectivity index (χ0v) is 13.2. The van der Waals surface area contributed by atoms with Gasteiger partial charge < -0.3 is 5.73 Å². The van der Waals surface area contributed by atoms with E-state index in [-0.39, 0.29) is 12.1 Å². The minimum atomic E-state index is 0.163. The average molecular weight is 275 g/mol. The quantitative estimate of drug-likeness (QED) is 0.896. The number of pyridine rings is 1. The lowest BCUT2D eigenvalue weighted by Crippen LogP contribution is -2.46. The molecule has 1 fully saturated rings. The molecule has 1 saturated heterocycles. The molecule has 0 spiro atoms. The van der Waals surface area contributed by atoms with Crippen molar-refractivity contribution < 1.29 is 0 Å². The number of likely N-dealkylation sites (tertiary alicyclic amines) is 1. The predicted molar refractivity (Wildman–Crippen MR) is 84.4 cm³/mol. The number of piperidine rings is 1. The zero-order chi connectivity index (χ0) is 14.6. The third-order valence-electron chi connectivity index (χ3n) is 5.12. The molecule has 2 N–H and O–H groups in total. The van der Waals surface area contributed by atoms with Crippen LogP contribution in [0.4, 0.5) is 0 Å². The maximum Gasteiger partial charge on any atom is 0.0673 e.